The van der Waals surface area contributed by atoms with Crippen molar-refractivity contribution in [1.82, 2.24) is 4.98 Å². The molecule has 2 aromatic rings. The maximum absolute atomic E-state index is 5.78. The van der Waals surface area contributed by atoms with Crippen molar-refractivity contribution in [3.05, 3.63) is 48.2 Å². The number of nitrogens with zero attached hydrogens (tertiary/aromatic N) is 1. The molecule has 0 saturated carbocycles. The van der Waals surface area contributed by atoms with E-state index in [9.17, 15) is 0 Å². The first kappa shape index (κ1) is 11.4. The van der Waals surface area contributed by atoms with E-state index in [1.165, 1.54) is 10.5 Å². The average Bonchev–Trinajstić information content (AvgIpc) is 2.81. The molecule has 1 aliphatic heterocycles. The Balaban J connectivity index is 1.71. The van der Waals surface area contributed by atoms with Gasteiger partial charge in [-0.15, -0.1) is 11.8 Å². The number of hydrogen-bond donors (Lipinski definition) is 1. The number of pyridine rings is 1. The lowest BCUT2D eigenvalue weighted by molar-refractivity contribution is 0.298. The highest BCUT2D eigenvalue weighted by Crippen LogP contribution is 2.39. The Kier molecular flexibility index (Phi) is 3.11. The molecule has 0 amide bonds. The van der Waals surface area contributed by atoms with E-state index >= 15 is 0 Å². The van der Waals surface area contributed by atoms with Gasteiger partial charge in [-0.25, -0.2) is 4.98 Å². The fourth-order valence-electron chi connectivity index (χ4n) is 2.08. The van der Waals surface area contributed by atoms with Gasteiger partial charge in [-0.2, -0.15) is 0 Å². The lowest BCUT2D eigenvalue weighted by Crippen LogP contribution is -2.10. The van der Waals surface area contributed by atoms with Gasteiger partial charge >= 0.3 is 0 Å². The molecular formula is C14H14N2OS. The monoisotopic (exact) mass is 258 g/mol. The van der Waals surface area contributed by atoms with Crippen molar-refractivity contribution < 1.29 is 4.74 Å². The molecule has 18 heavy (non-hydrogen) atoms. The average molecular weight is 258 g/mol. The maximum atomic E-state index is 5.78. The second-order valence-electron chi connectivity index (χ2n) is 4.24. The predicted octanol–water partition coefficient (Wildman–Crippen LogP) is 2.93. The quantitative estimate of drug-likeness (QED) is 0.919. The number of fused-ring (bicyclic) bond motifs is 1. The van der Waals surface area contributed by atoms with E-state index in [2.05, 4.69) is 29.2 Å². The van der Waals surface area contributed by atoms with Gasteiger partial charge in [-0.3, -0.25) is 0 Å². The van der Waals surface area contributed by atoms with Crippen molar-refractivity contribution in [3.8, 4) is 5.75 Å². The highest BCUT2D eigenvalue weighted by Gasteiger charge is 2.23. The predicted molar refractivity (Wildman–Crippen MR) is 74.1 cm³/mol. The van der Waals surface area contributed by atoms with Crippen molar-refractivity contribution in [2.45, 2.75) is 10.8 Å². The smallest absolute Gasteiger partial charge is 0.166 e. The highest BCUT2D eigenvalue weighted by molar-refractivity contribution is 7.99. The van der Waals surface area contributed by atoms with Gasteiger partial charge in [0.25, 0.3) is 0 Å². The molecule has 4 heteroatoms. The number of aromatic nitrogens is 1. The highest BCUT2D eigenvalue weighted by atomic mass is 32.2. The molecule has 92 valence electrons. The first-order chi connectivity index (χ1) is 8.84. The topological polar surface area (TPSA) is 48.1 Å². The summed E-state index contributed by atoms with van der Waals surface area (Å²) in [6.45, 7) is 0.653. The molecule has 3 rings (SSSR count). The van der Waals surface area contributed by atoms with E-state index in [1.807, 2.05) is 23.9 Å². The maximum Gasteiger partial charge on any atom is 0.166 e. The van der Waals surface area contributed by atoms with E-state index in [1.54, 1.807) is 6.20 Å². The van der Waals surface area contributed by atoms with E-state index in [0.29, 0.717) is 24.1 Å². The summed E-state index contributed by atoms with van der Waals surface area (Å²) < 4.78 is 5.78. The minimum Gasteiger partial charge on any atom is -0.489 e. The summed E-state index contributed by atoms with van der Waals surface area (Å²) in [7, 11) is 0. The minimum absolute atomic E-state index is 0.436. The third-order valence-corrected chi connectivity index (χ3v) is 4.29. The van der Waals surface area contributed by atoms with Gasteiger partial charge in [0.2, 0.25) is 0 Å². The third-order valence-electron chi connectivity index (χ3n) is 3.04. The SMILES string of the molecule is Nc1ncccc1OCC1CSc2ccccc21. The number of ether oxygens (including phenoxy) is 1. The fraction of sp³-hybridized carbons (Fsp3) is 0.214. The van der Waals surface area contributed by atoms with Gasteiger partial charge in [-0.1, -0.05) is 18.2 Å². The molecule has 2 N–H and O–H groups in total. The molecule has 0 fully saturated rings. The van der Waals surface area contributed by atoms with E-state index < -0.39 is 0 Å². The number of thioether (sulfide) groups is 1. The summed E-state index contributed by atoms with van der Waals surface area (Å²) in [5.74, 6) is 2.63. The van der Waals surface area contributed by atoms with Crippen LogP contribution in [0.3, 0.4) is 0 Å². The first-order valence-corrected chi connectivity index (χ1v) is 6.88. The van der Waals surface area contributed by atoms with Gasteiger partial charge in [-0.05, 0) is 23.8 Å². The number of nitrogens with two attached hydrogens (primary N) is 1. The Morgan fingerprint density at radius 3 is 3.06 bits per heavy atom. The first-order valence-electron chi connectivity index (χ1n) is 5.89. The second kappa shape index (κ2) is 4.90. The van der Waals surface area contributed by atoms with Crippen LogP contribution < -0.4 is 10.5 Å². The molecule has 3 nitrogen and oxygen atoms in total. The summed E-state index contributed by atoms with van der Waals surface area (Å²) in [5.41, 5.74) is 7.14. The van der Waals surface area contributed by atoms with Gasteiger partial charge in [0.15, 0.2) is 11.6 Å². The summed E-state index contributed by atoms with van der Waals surface area (Å²) in [5, 5.41) is 0. The summed E-state index contributed by atoms with van der Waals surface area (Å²) in [4.78, 5) is 5.38. The van der Waals surface area contributed by atoms with Crippen molar-refractivity contribution in [2.75, 3.05) is 18.1 Å². The van der Waals surface area contributed by atoms with Gasteiger partial charge < -0.3 is 10.5 Å². The van der Waals surface area contributed by atoms with Gasteiger partial charge in [0, 0.05) is 22.8 Å². The molecule has 2 heterocycles. The van der Waals surface area contributed by atoms with Crippen molar-refractivity contribution in [1.29, 1.82) is 0 Å². The Morgan fingerprint density at radius 2 is 2.17 bits per heavy atom. The standard InChI is InChI=1S/C14H14N2OS/c15-14-12(5-3-7-16-14)17-8-10-9-18-13-6-2-1-4-11(10)13/h1-7,10H,8-9H2,(H2,15,16). The Morgan fingerprint density at radius 1 is 1.28 bits per heavy atom. The second-order valence-corrected chi connectivity index (χ2v) is 5.31. The van der Waals surface area contributed by atoms with Crippen LogP contribution in [0.25, 0.3) is 0 Å². The van der Waals surface area contributed by atoms with Crippen molar-refractivity contribution in [3.63, 3.8) is 0 Å². The Bertz CT molecular complexity index is 559. The molecule has 0 saturated heterocycles. The van der Waals surface area contributed by atoms with E-state index in [0.717, 1.165) is 5.75 Å². The Hall–Kier alpha value is -1.68. The Labute approximate surface area is 110 Å². The molecule has 0 bridgehead atoms. The number of anilines is 1. The van der Waals surface area contributed by atoms with Crippen LogP contribution in [0.2, 0.25) is 0 Å². The van der Waals surface area contributed by atoms with Crippen molar-refractivity contribution in [2.24, 2.45) is 0 Å². The number of rotatable bonds is 3. The van der Waals surface area contributed by atoms with Crippen molar-refractivity contribution >= 4 is 17.6 Å². The van der Waals surface area contributed by atoms with Crippen LogP contribution in [0.15, 0.2) is 47.5 Å². The molecule has 0 spiro atoms. The number of nitrogen functional groups attached to an aromatic ring is 1. The van der Waals surface area contributed by atoms with Gasteiger partial charge in [0.1, 0.15) is 0 Å². The molecule has 1 aliphatic rings. The summed E-state index contributed by atoms with van der Waals surface area (Å²) in [6.07, 6.45) is 1.67. The van der Waals surface area contributed by atoms with Crippen LogP contribution in [-0.4, -0.2) is 17.3 Å². The molecule has 0 radical (unpaired) electrons. The zero-order chi connectivity index (χ0) is 12.4. The van der Waals surface area contributed by atoms with E-state index in [-0.39, 0.29) is 0 Å². The molecule has 0 aliphatic carbocycles. The molecule has 1 unspecified atom stereocenters. The number of hydrogen-bond acceptors (Lipinski definition) is 4. The molecule has 1 aromatic heterocycles. The summed E-state index contributed by atoms with van der Waals surface area (Å²) in [6, 6.07) is 12.2. The van der Waals surface area contributed by atoms with Crippen LogP contribution in [-0.2, 0) is 0 Å². The van der Waals surface area contributed by atoms with E-state index in [4.69, 9.17) is 10.5 Å². The van der Waals surface area contributed by atoms with Crippen LogP contribution >= 0.6 is 11.8 Å². The molecule has 1 aromatic carbocycles. The van der Waals surface area contributed by atoms with Crippen LogP contribution in [0.4, 0.5) is 5.82 Å². The molecular weight excluding hydrogens is 244 g/mol. The van der Waals surface area contributed by atoms with Crippen LogP contribution in [0.5, 0.6) is 5.75 Å². The van der Waals surface area contributed by atoms with Crippen LogP contribution in [0, 0.1) is 0 Å². The zero-order valence-corrected chi connectivity index (χ0v) is 10.7. The lowest BCUT2D eigenvalue weighted by Gasteiger charge is -2.13. The fourth-order valence-corrected chi connectivity index (χ4v) is 3.32. The largest absolute Gasteiger partial charge is 0.489 e. The number of benzene rings is 1. The normalized spacial score (nSPS) is 17.4. The third kappa shape index (κ3) is 2.16. The van der Waals surface area contributed by atoms with Crippen LogP contribution in [0.1, 0.15) is 11.5 Å². The van der Waals surface area contributed by atoms with Gasteiger partial charge in [0.05, 0.1) is 6.61 Å². The molecule has 1 atom stereocenters. The lowest BCUT2D eigenvalue weighted by atomic mass is 10.0. The zero-order valence-electron chi connectivity index (χ0n) is 9.87. The summed E-state index contributed by atoms with van der Waals surface area (Å²) >= 11 is 1.89. The minimum atomic E-state index is 0.436.